The SMILES string of the molecule is COC(=O)c1c(NC(=O)[C@H]2CCOC2)c2cc(NC[C@H](O)CO)cnc2n1CCCc1ccccc1. The van der Waals surface area contributed by atoms with Crippen molar-refractivity contribution < 1.29 is 29.3 Å². The Morgan fingerprint density at radius 3 is 2.81 bits per heavy atom. The number of benzene rings is 1. The summed E-state index contributed by atoms with van der Waals surface area (Å²) in [6.45, 7) is 1.08. The van der Waals surface area contributed by atoms with Gasteiger partial charge in [-0.3, -0.25) is 4.79 Å². The molecule has 192 valence electrons. The maximum atomic E-state index is 13.0. The van der Waals surface area contributed by atoms with Crippen LogP contribution >= 0.6 is 0 Å². The lowest BCUT2D eigenvalue weighted by Crippen LogP contribution is -2.24. The minimum absolute atomic E-state index is 0.117. The first-order chi connectivity index (χ1) is 17.5. The van der Waals surface area contributed by atoms with Crippen LogP contribution in [0.3, 0.4) is 0 Å². The van der Waals surface area contributed by atoms with Crippen molar-refractivity contribution in [3.63, 3.8) is 0 Å². The number of aliphatic hydroxyl groups excluding tert-OH is 2. The number of aliphatic hydroxyl groups is 2. The molecule has 0 unspecified atom stereocenters. The van der Waals surface area contributed by atoms with E-state index in [4.69, 9.17) is 14.6 Å². The summed E-state index contributed by atoms with van der Waals surface area (Å²) < 4.78 is 12.3. The molecule has 1 aliphatic heterocycles. The zero-order valence-corrected chi connectivity index (χ0v) is 20.3. The summed E-state index contributed by atoms with van der Waals surface area (Å²) in [5.74, 6) is -1.10. The lowest BCUT2D eigenvalue weighted by Gasteiger charge is -2.12. The van der Waals surface area contributed by atoms with Crippen LogP contribution in [0.2, 0.25) is 0 Å². The molecule has 4 N–H and O–H groups in total. The van der Waals surface area contributed by atoms with E-state index < -0.39 is 12.1 Å². The zero-order chi connectivity index (χ0) is 25.5. The number of aryl methyl sites for hydroxylation is 2. The number of esters is 1. The number of carbonyl (C=O) groups is 2. The molecule has 0 aliphatic carbocycles. The molecule has 3 heterocycles. The quantitative estimate of drug-likeness (QED) is 0.297. The van der Waals surface area contributed by atoms with Crippen LogP contribution in [0, 0.1) is 5.92 Å². The Bertz CT molecular complexity index is 1190. The van der Waals surface area contributed by atoms with Crippen LogP contribution in [0.5, 0.6) is 0 Å². The number of nitrogens with one attached hydrogen (secondary N) is 2. The van der Waals surface area contributed by atoms with Crippen LogP contribution < -0.4 is 10.6 Å². The predicted molar refractivity (Wildman–Crippen MR) is 135 cm³/mol. The number of carbonyl (C=O) groups excluding carboxylic acids is 2. The highest BCUT2D eigenvalue weighted by molar-refractivity contribution is 6.11. The molecule has 1 fully saturated rings. The first-order valence-corrected chi connectivity index (χ1v) is 12.1. The van der Waals surface area contributed by atoms with Crippen LogP contribution in [0.1, 0.15) is 28.9 Å². The number of hydrogen-bond acceptors (Lipinski definition) is 8. The number of ether oxygens (including phenoxy) is 2. The average molecular weight is 497 g/mol. The smallest absolute Gasteiger partial charge is 0.356 e. The van der Waals surface area contributed by atoms with E-state index in [1.807, 2.05) is 18.2 Å². The molecule has 0 saturated carbocycles. The Labute approximate surface area is 209 Å². The summed E-state index contributed by atoms with van der Waals surface area (Å²) in [4.78, 5) is 30.6. The predicted octanol–water partition coefficient (Wildman–Crippen LogP) is 2.20. The van der Waals surface area contributed by atoms with Gasteiger partial charge in [0, 0.05) is 25.1 Å². The van der Waals surface area contributed by atoms with Crippen molar-refractivity contribution in [2.24, 2.45) is 5.92 Å². The fourth-order valence-electron chi connectivity index (χ4n) is 4.33. The minimum atomic E-state index is -0.935. The summed E-state index contributed by atoms with van der Waals surface area (Å²) in [5.41, 5.74) is 2.87. The lowest BCUT2D eigenvalue weighted by atomic mass is 10.1. The van der Waals surface area contributed by atoms with Crippen LogP contribution in [0.15, 0.2) is 42.6 Å². The molecule has 2 atom stereocenters. The second-order valence-corrected chi connectivity index (χ2v) is 8.82. The molecular weight excluding hydrogens is 464 g/mol. The van der Waals surface area contributed by atoms with Gasteiger partial charge in [0.15, 0.2) is 5.69 Å². The van der Waals surface area contributed by atoms with Crippen molar-refractivity contribution in [1.82, 2.24) is 9.55 Å². The second kappa shape index (κ2) is 12.0. The summed E-state index contributed by atoms with van der Waals surface area (Å²) in [7, 11) is 1.31. The average Bonchev–Trinajstić information content (AvgIpc) is 3.55. The maximum absolute atomic E-state index is 13.0. The van der Waals surface area contributed by atoms with Crippen LogP contribution in [-0.2, 0) is 27.2 Å². The summed E-state index contributed by atoms with van der Waals surface area (Å²) in [6, 6.07) is 11.8. The van der Waals surface area contributed by atoms with E-state index in [1.54, 1.807) is 16.8 Å². The van der Waals surface area contributed by atoms with Crippen LogP contribution in [0.25, 0.3) is 11.0 Å². The highest BCUT2D eigenvalue weighted by Crippen LogP contribution is 2.34. The fraction of sp³-hybridized carbons (Fsp3) is 0.423. The number of methoxy groups -OCH3 is 1. The van der Waals surface area contributed by atoms with E-state index in [0.29, 0.717) is 48.6 Å². The summed E-state index contributed by atoms with van der Waals surface area (Å²) in [5, 5.41) is 25.4. The van der Waals surface area contributed by atoms with Crippen molar-refractivity contribution in [1.29, 1.82) is 0 Å². The summed E-state index contributed by atoms with van der Waals surface area (Å²) in [6.07, 6.45) is 2.82. The number of nitrogens with zero attached hydrogens (tertiary/aromatic N) is 2. The Balaban J connectivity index is 1.71. The van der Waals surface area contributed by atoms with E-state index in [9.17, 15) is 14.7 Å². The molecule has 1 saturated heterocycles. The van der Waals surface area contributed by atoms with Crippen molar-refractivity contribution in [2.45, 2.75) is 31.9 Å². The number of pyridine rings is 1. The number of fused-ring (bicyclic) bond motifs is 1. The normalized spacial score (nSPS) is 16.1. The van der Waals surface area contributed by atoms with Gasteiger partial charge in [0.2, 0.25) is 5.91 Å². The maximum Gasteiger partial charge on any atom is 0.356 e. The molecule has 10 heteroatoms. The van der Waals surface area contributed by atoms with Gasteiger partial charge in [-0.25, -0.2) is 9.78 Å². The van der Waals surface area contributed by atoms with Gasteiger partial charge in [-0.15, -0.1) is 0 Å². The number of aromatic nitrogens is 2. The highest BCUT2D eigenvalue weighted by Gasteiger charge is 2.29. The second-order valence-electron chi connectivity index (χ2n) is 8.82. The molecule has 1 amide bonds. The molecule has 3 aromatic rings. The molecule has 4 rings (SSSR count). The van der Waals surface area contributed by atoms with Crippen LogP contribution in [-0.4, -0.2) is 71.2 Å². The Morgan fingerprint density at radius 1 is 1.31 bits per heavy atom. The van der Waals surface area contributed by atoms with Crippen molar-refractivity contribution in [3.8, 4) is 0 Å². The third kappa shape index (κ3) is 5.84. The lowest BCUT2D eigenvalue weighted by molar-refractivity contribution is -0.119. The van der Waals surface area contributed by atoms with Gasteiger partial charge in [-0.2, -0.15) is 0 Å². The number of hydrogen-bond donors (Lipinski definition) is 4. The van der Waals surface area contributed by atoms with Crippen molar-refractivity contribution in [3.05, 3.63) is 53.9 Å². The fourth-order valence-corrected chi connectivity index (χ4v) is 4.33. The molecule has 0 bridgehead atoms. The highest BCUT2D eigenvalue weighted by atomic mass is 16.5. The standard InChI is InChI=1S/C26H32N4O6/c1-35-26(34)23-22(29-25(33)18-9-11-36-16-18)21-12-19(27-14-20(32)15-31)13-28-24(21)30(23)10-5-8-17-6-3-2-4-7-17/h2-4,6-7,12-13,18,20,27,31-32H,5,8-11,14-16H2,1H3,(H,29,33)/t18-,20-/m0/s1. The largest absolute Gasteiger partial charge is 0.464 e. The van der Waals surface area contributed by atoms with Gasteiger partial charge in [0.25, 0.3) is 0 Å². The van der Waals surface area contributed by atoms with Crippen LogP contribution in [0.4, 0.5) is 11.4 Å². The topological polar surface area (TPSA) is 135 Å². The van der Waals surface area contributed by atoms with Gasteiger partial charge in [-0.05, 0) is 30.9 Å². The zero-order valence-electron chi connectivity index (χ0n) is 20.3. The van der Waals surface area contributed by atoms with Gasteiger partial charge < -0.3 is 34.9 Å². The summed E-state index contributed by atoms with van der Waals surface area (Å²) >= 11 is 0. The molecule has 0 radical (unpaired) electrons. The van der Waals surface area contributed by atoms with E-state index >= 15 is 0 Å². The van der Waals surface area contributed by atoms with Gasteiger partial charge in [0.05, 0.1) is 49.9 Å². The van der Waals surface area contributed by atoms with E-state index in [-0.39, 0.29) is 30.7 Å². The molecule has 2 aromatic heterocycles. The van der Waals surface area contributed by atoms with E-state index in [2.05, 4.69) is 27.8 Å². The monoisotopic (exact) mass is 496 g/mol. The molecule has 36 heavy (non-hydrogen) atoms. The molecule has 1 aromatic carbocycles. The number of amides is 1. The first kappa shape index (κ1) is 25.6. The van der Waals surface area contributed by atoms with Gasteiger partial charge in [-0.1, -0.05) is 30.3 Å². The third-order valence-electron chi connectivity index (χ3n) is 6.27. The van der Waals surface area contributed by atoms with Crippen molar-refractivity contribution >= 4 is 34.3 Å². The van der Waals surface area contributed by atoms with Gasteiger partial charge >= 0.3 is 5.97 Å². The third-order valence-corrected chi connectivity index (χ3v) is 6.27. The van der Waals surface area contributed by atoms with E-state index in [1.165, 1.54) is 12.7 Å². The molecular formula is C26H32N4O6. The molecule has 0 spiro atoms. The van der Waals surface area contributed by atoms with Crippen molar-refractivity contribution in [2.75, 3.05) is 44.1 Å². The molecule has 1 aliphatic rings. The van der Waals surface area contributed by atoms with Gasteiger partial charge in [0.1, 0.15) is 5.65 Å². The Hall–Kier alpha value is -3.47. The Kier molecular flexibility index (Phi) is 8.52. The van der Waals surface area contributed by atoms with E-state index in [0.717, 1.165) is 12.8 Å². The number of rotatable bonds is 11. The molecule has 10 nitrogen and oxygen atoms in total. The minimum Gasteiger partial charge on any atom is -0.464 e. The Morgan fingerprint density at radius 2 is 2.11 bits per heavy atom. The first-order valence-electron chi connectivity index (χ1n) is 12.1. The number of anilines is 2.